The van der Waals surface area contributed by atoms with E-state index < -0.39 is 15.8 Å². The van der Waals surface area contributed by atoms with Crippen LogP contribution in [0.3, 0.4) is 0 Å². The first-order valence-electron chi connectivity index (χ1n) is 8.72. The predicted molar refractivity (Wildman–Crippen MR) is 103 cm³/mol. The Labute approximate surface area is 162 Å². The SMILES string of the molecule is O=S1(=O)CCN2CCCC(c3ccc(Oc4ccc(F)c(Cl)c4)cc3)C2=N1. The van der Waals surface area contributed by atoms with Gasteiger partial charge in [-0.15, -0.1) is 4.40 Å². The van der Waals surface area contributed by atoms with Crippen LogP contribution in [0.5, 0.6) is 11.5 Å². The van der Waals surface area contributed by atoms with Crippen LogP contribution >= 0.6 is 11.6 Å². The van der Waals surface area contributed by atoms with Crippen molar-refractivity contribution in [2.45, 2.75) is 18.8 Å². The van der Waals surface area contributed by atoms with Crippen molar-refractivity contribution in [3.63, 3.8) is 0 Å². The monoisotopic (exact) mass is 408 g/mol. The Morgan fingerprint density at radius 1 is 1.11 bits per heavy atom. The van der Waals surface area contributed by atoms with Gasteiger partial charge in [0.25, 0.3) is 10.0 Å². The van der Waals surface area contributed by atoms with Crippen LogP contribution in [0.4, 0.5) is 4.39 Å². The first-order valence-corrected chi connectivity index (χ1v) is 10.7. The number of halogens is 2. The number of benzene rings is 2. The topological polar surface area (TPSA) is 59.0 Å². The molecule has 5 nitrogen and oxygen atoms in total. The van der Waals surface area contributed by atoms with Gasteiger partial charge in [0.1, 0.15) is 23.2 Å². The van der Waals surface area contributed by atoms with Gasteiger partial charge in [-0.3, -0.25) is 0 Å². The lowest BCUT2D eigenvalue weighted by Crippen LogP contribution is -2.46. The molecule has 0 radical (unpaired) electrons. The van der Waals surface area contributed by atoms with Crippen LogP contribution in [0.1, 0.15) is 24.3 Å². The molecule has 0 amide bonds. The number of hydrogen-bond donors (Lipinski definition) is 0. The second-order valence-corrected chi connectivity index (χ2v) is 8.83. The number of nitrogens with zero attached hydrogens (tertiary/aromatic N) is 2. The summed E-state index contributed by atoms with van der Waals surface area (Å²) in [6.07, 6.45) is 1.86. The van der Waals surface area contributed by atoms with Gasteiger partial charge in [0, 0.05) is 25.1 Å². The van der Waals surface area contributed by atoms with Gasteiger partial charge < -0.3 is 9.64 Å². The van der Waals surface area contributed by atoms with Gasteiger partial charge in [0.2, 0.25) is 0 Å². The fourth-order valence-corrected chi connectivity index (χ4v) is 4.71. The summed E-state index contributed by atoms with van der Waals surface area (Å²) in [6.45, 7) is 1.35. The van der Waals surface area contributed by atoms with E-state index in [4.69, 9.17) is 16.3 Å². The molecule has 1 atom stereocenters. The molecule has 1 unspecified atom stereocenters. The highest BCUT2D eigenvalue weighted by Gasteiger charge is 2.33. The van der Waals surface area contributed by atoms with E-state index in [2.05, 4.69) is 9.30 Å². The van der Waals surface area contributed by atoms with Crippen molar-refractivity contribution < 1.29 is 17.5 Å². The first-order chi connectivity index (χ1) is 12.9. The first kappa shape index (κ1) is 18.3. The van der Waals surface area contributed by atoms with Crippen molar-refractivity contribution in [1.82, 2.24) is 4.90 Å². The van der Waals surface area contributed by atoms with Crippen LogP contribution in [-0.4, -0.2) is 38.0 Å². The maximum Gasteiger partial charge on any atom is 0.256 e. The van der Waals surface area contributed by atoms with Crippen molar-refractivity contribution in [3.8, 4) is 11.5 Å². The molecular weight excluding hydrogens is 391 g/mol. The van der Waals surface area contributed by atoms with Crippen LogP contribution in [-0.2, 0) is 10.0 Å². The van der Waals surface area contributed by atoms with Crippen LogP contribution in [0.15, 0.2) is 46.9 Å². The molecule has 27 heavy (non-hydrogen) atoms. The zero-order chi connectivity index (χ0) is 19.0. The normalized spacial score (nSPS) is 21.3. The molecule has 0 saturated carbocycles. The Kier molecular flexibility index (Phi) is 4.82. The van der Waals surface area contributed by atoms with E-state index in [1.54, 1.807) is 0 Å². The summed E-state index contributed by atoms with van der Waals surface area (Å²) in [5.74, 6) is 1.23. The third-order valence-corrected chi connectivity index (χ3v) is 6.27. The van der Waals surface area contributed by atoms with E-state index in [-0.39, 0.29) is 16.7 Å². The van der Waals surface area contributed by atoms with E-state index in [1.165, 1.54) is 18.2 Å². The van der Waals surface area contributed by atoms with E-state index in [0.29, 0.717) is 23.9 Å². The van der Waals surface area contributed by atoms with Crippen LogP contribution in [0.2, 0.25) is 5.02 Å². The molecule has 2 aliphatic rings. The Balaban J connectivity index is 1.56. The van der Waals surface area contributed by atoms with Crippen molar-refractivity contribution >= 4 is 27.5 Å². The zero-order valence-corrected chi connectivity index (χ0v) is 16.0. The van der Waals surface area contributed by atoms with Gasteiger partial charge in [0.05, 0.1) is 10.8 Å². The van der Waals surface area contributed by atoms with Crippen molar-refractivity contribution in [3.05, 3.63) is 58.9 Å². The molecule has 0 aliphatic carbocycles. The number of amidine groups is 1. The Morgan fingerprint density at radius 3 is 2.59 bits per heavy atom. The molecule has 1 saturated heterocycles. The quantitative estimate of drug-likeness (QED) is 0.764. The lowest BCUT2D eigenvalue weighted by Gasteiger charge is -2.37. The summed E-state index contributed by atoms with van der Waals surface area (Å²) in [7, 11) is -3.37. The second-order valence-electron chi connectivity index (χ2n) is 6.66. The molecular formula is C19H18ClFN2O3S. The largest absolute Gasteiger partial charge is 0.457 e. The fourth-order valence-electron chi connectivity index (χ4n) is 3.47. The molecule has 142 valence electrons. The van der Waals surface area contributed by atoms with E-state index >= 15 is 0 Å². The maximum atomic E-state index is 13.2. The van der Waals surface area contributed by atoms with E-state index in [0.717, 1.165) is 24.9 Å². The molecule has 1 fully saturated rings. The summed E-state index contributed by atoms with van der Waals surface area (Å²) < 4.78 is 46.8. The molecule has 0 N–H and O–H groups in total. The van der Waals surface area contributed by atoms with E-state index in [1.807, 2.05) is 24.3 Å². The summed E-state index contributed by atoms with van der Waals surface area (Å²) in [5.41, 5.74) is 1.00. The number of ether oxygens (including phenoxy) is 1. The van der Waals surface area contributed by atoms with Gasteiger partial charge in [-0.2, -0.15) is 0 Å². The van der Waals surface area contributed by atoms with Crippen LogP contribution in [0, 0.1) is 5.82 Å². The zero-order valence-electron chi connectivity index (χ0n) is 14.4. The minimum Gasteiger partial charge on any atom is -0.457 e. The van der Waals surface area contributed by atoms with Crippen LogP contribution in [0.25, 0.3) is 0 Å². The Morgan fingerprint density at radius 2 is 1.85 bits per heavy atom. The van der Waals surface area contributed by atoms with Crippen molar-refractivity contribution in [2.75, 3.05) is 18.8 Å². The highest BCUT2D eigenvalue weighted by Crippen LogP contribution is 2.33. The van der Waals surface area contributed by atoms with Gasteiger partial charge in [-0.05, 0) is 42.7 Å². The molecule has 2 aromatic carbocycles. The van der Waals surface area contributed by atoms with Crippen molar-refractivity contribution in [1.29, 1.82) is 0 Å². The van der Waals surface area contributed by atoms with Gasteiger partial charge in [0.15, 0.2) is 0 Å². The number of sulfonamides is 1. The lowest BCUT2D eigenvalue weighted by molar-refractivity contribution is 0.366. The Bertz CT molecular complexity index is 993. The molecule has 2 heterocycles. The number of rotatable bonds is 3. The predicted octanol–water partition coefficient (Wildman–Crippen LogP) is 4.19. The maximum absolute atomic E-state index is 13.2. The molecule has 4 rings (SSSR count). The highest BCUT2D eigenvalue weighted by molar-refractivity contribution is 7.90. The van der Waals surface area contributed by atoms with Gasteiger partial charge >= 0.3 is 0 Å². The number of piperidine rings is 1. The average Bonchev–Trinajstić information content (AvgIpc) is 2.64. The summed E-state index contributed by atoms with van der Waals surface area (Å²) >= 11 is 5.77. The molecule has 0 bridgehead atoms. The smallest absolute Gasteiger partial charge is 0.256 e. The molecule has 0 aromatic heterocycles. The summed E-state index contributed by atoms with van der Waals surface area (Å²) in [5, 5.41) is 0.00272. The number of fused-ring (bicyclic) bond motifs is 1. The number of hydrogen-bond acceptors (Lipinski definition) is 4. The van der Waals surface area contributed by atoms with Gasteiger partial charge in [-0.1, -0.05) is 23.7 Å². The Hall–Kier alpha value is -2.12. The van der Waals surface area contributed by atoms with Crippen LogP contribution < -0.4 is 4.74 Å². The third-order valence-electron chi connectivity index (χ3n) is 4.82. The van der Waals surface area contributed by atoms with Crippen molar-refractivity contribution in [2.24, 2.45) is 4.40 Å². The molecule has 0 spiro atoms. The third kappa shape index (κ3) is 3.94. The summed E-state index contributed by atoms with van der Waals surface area (Å²) in [6, 6.07) is 11.6. The van der Waals surface area contributed by atoms with E-state index in [9.17, 15) is 12.8 Å². The highest BCUT2D eigenvalue weighted by atomic mass is 35.5. The molecule has 2 aliphatic heterocycles. The average molecular weight is 409 g/mol. The minimum atomic E-state index is -3.37. The lowest BCUT2D eigenvalue weighted by atomic mass is 9.89. The summed E-state index contributed by atoms with van der Waals surface area (Å²) in [4.78, 5) is 2.07. The van der Waals surface area contributed by atoms with Gasteiger partial charge in [-0.25, -0.2) is 12.8 Å². The molecule has 2 aromatic rings. The standard InChI is InChI=1S/C19H18ClFN2O3S/c20-17-12-15(7-8-18(17)21)26-14-5-3-13(4-6-14)16-2-1-9-23-10-11-27(24,25)22-19(16)23/h3-8,12,16H,1-2,9-11H2. The fraction of sp³-hybridized carbons (Fsp3) is 0.316. The molecule has 8 heteroatoms. The minimum absolute atomic E-state index is 0.00272. The second kappa shape index (κ2) is 7.13.